The molecule has 1 aromatic carbocycles. The number of benzene rings is 1. The third-order valence-electron chi connectivity index (χ3n) is 3.01. The zero-order valence-electron chi connectivity index (χ0n) is 11.5. The molecule has 3 N–H and O–H groups in total. The van der Waals surface area contributed by atoms with Gasteiger partial charge in [0.1, 0.15) is 10.7 Å². The van der Waals surface area contributed by atoms with Gasteiger partial charge in [0.15, 0.2) is 0 Å². The van der Waals surface area contributed by atoms with Crippen molar-refractivity contribution in [3.63, 3.8) is 0 Å². The van der Waals surface area contributed by atoms with E-state index in [-0.39, 0.29) is 17.1 Å². The van der Waals surface area contributed by atoms with Gasteiger partial charge >= 0.3 is 0 Å². The fourth-order valence-corrected chi connectivity index (χ4v) is 3.39. The lowest BCUT2D eigenvalue weighted by atomic mass is 10.1. The van der Waals surface area contributed by atoms with E-state index < -0.39 is 21.9 Å². The summed E-state index contributed by atoms with van der Waals surface area (Å²) < 4.78 is 40.5. The lowest BCUT2D eigenvalue weighted by molar-refractivity contribution is 0.562. The highest BCUT2D eigenvalue weighted by Gasteiger charge is 2.21. The van der Waals surface area contributed by atoms with Gasteiger partial charge in [-0.2, -0.15) is 0 Å². The molecule has 0 bridgehead atoms. The fourth-order valence-electron chi connectivity index (χ4n) is 1.96. The van der Waals surface area contributed by atoms with Crippen LogP contribution in [0, 0.1) is 5.82 Å². The van der Waals surface area contributed by atoms with Crippen LogP contribution in [-0.4, -0.2) is 13.4 Å². The van der Waals surface area contributed by atoms with Crippen molar-refractivity contribution < 1.29 is 12.8 Å². The van der Waals surface area contributed by atoms with Crippen molar-refractivity contribution in [2.45, 2.75) is 24.4 Å². The molecule has 1 aromatic heterocycles. The Morgan fingerprint density at radius 2 is 2.10 bits per heavy atom. The van der Waals surface area contributed by atoms with E-state index in [9.17, 15) is 12.8 Å². The molecule has 0 aliphatic carbocycles. The van der Waals surface area contributed by atoms with Gasteiger partial charge in [0.05, 0.1) is 5.69 Å². The number of hydrogen-bond acceptors (Lipinski definition) is 4. The summed E-state index contributed by atoms with van der Waals surface area (Å²) in [5.74, 6) is -0.414. The molecule has 112 valence electrons. The van der Waals surface area contributed by atoms with E-state index >= 15 is 0 Å². The summed E-state index contributed by atoms with van der Waals surface area (Å²) in [6.45, 7) is 1.66. The van der Waals surface area contributed by atoms with Gasteiger partial charge in [0.2, 0.25) is 10.0 Å². The number of pyridine rings is 1. The monoisotopic (exact) mass is 309 g/mol. The highest BCUT2D eigenvalue weighted by molar-refractivity contribution is 7.89. The number of halogens is 1. The first-order valence-electron chi connectivity index (χ1n) is 6.36. The normalized spacial score (nSPS) is 13.1. The largest absolute Gasteiger partial charge is 0.325 e. The lowest BCUT2D eigenvalue weighted by Gasteiger charge is -2.16. The van der Waals surface area contributed by atoms with Gasteiger partial charge in [-0.1, -0.05) is 12.1 Å². The van der Waals surface area contributed by atoms with Gasteiger partial charge in [-0.3, -0.25) is 4.98 Å². The summed E-state index contributed by atoms with van der Waals surface area (Å²) in [7, 11) is -3.78. The molecule has 2 aromatic rings. The minimum Gasteiger partial charge on any atom is -0.325 e. The highest BCUT2D eigenvalue weighted by Crippen LogP contribution is 2.19. The number of nitrogens with zero attached hydrogens (tertiary/aromatic N) is 1. The maximum atomic E-state index is 13.2. The molecular weight excluding hydrogens is 293 g/mol. The number of nitrogens with two attached hydrogens (primary N) is 1. The van der Waals surface area contributed by atoms with Gasteiger partial charge in [-0.25, -0.2) is 17.5 Å². The summed E-state index contributed by atoms with van der Waals surface area (Å²) in [4.78, 5) is 3.99. The van der Waals surface area contributed by atoms with Crippen LogP contribution in [0.2, 0.25) is 0 Å². The summed E-state index contributed by atoms with van der Waals surface area (Å²) >= 11 is 0. The smallest absolute Gasteiger partial charge is 0.242 e. The summed E-state index contributed by atoms with van der Waals surface area (Å²) in [5, 5.41) is 0. The number of rotatable bonds is 5. The van der Waals surface area contributed by atoms with Crippen molar-refractivity contribution in [1.29, 1.82) is 0 Å². The maximum Gasteiger partial charge on any atom is 0.242 e. The van der Waals surface area contributed by atoms with E-state index in [0.29, 0.717) is 5.56 Å². The summed E-state index contributed by atoms with van der Waals surface area (Å²) in [5.41, 5.74) is 6.33. The van der Waals surface area contributed by atoms with Crippen LogP contribution in [0.25, 0.3) is 0 Å². The minimum absolute atomic E-state index is 0.0193. The number of nitrogens with one attached hydrogen (secondary N) is 1. The molecule has 21 heavy (non-hydrogen) atoms. The topological polar surface area (TPSA) is 85.1 Å². The van der Waals surface area contributed by atoms with Crippen LogP contribution < -0.4 is 10.5 Å². The Kier molecular flexibility index (Phi) is 4.66. The molecule has 0 aliphatic heterocycles. The van der Waals surface area contributed by atoms with Crippen molar-refractivity contribution in [1.82, 2.24) is 9.71 Å². The third kappa shape index (κ3) is 3.63. The summed E-state index contributed by atoms with van der Waals surface area (Å²) in [6.07, 6.45) is 1.48. The predicted octanol–water partition coefficient (Wildman–Crippen LogP) is 1.72. The van der Waals surface area contributed by atoms with E-state index in [1.165, 1.54) is 36.5 Å². The average molecular weight is 309 g/mol. The SMILES string of the molecule is CC(NS(=O)(=O)c1cccnc1CN)c1cccc(F)c1. The molecule has 0 amide bonds. The first-order valence-corrected chi connectivity index (χ1v) is 7.84. The van der Waals surface area contributed by atoms with Crippen molar-refractivity contribution in [2.24, 2.45) is 5.73 Å². The van der Waals surface area contributed by atoms with E-state index in [2.05, 4.69) is 9.71 Å². The molecule has 0 fully saturated rings. The Hall–Kier alpha value is -1.83. The van der Waals surface area contributed by atoms with Crippen molar-refractivity contribution in [3.8, 4) is 0 Å². The number of sulfonamides is 1. The third-order valence-corrected chi connectivity index (χ3v) is 4.63. The van der Waals surface area contributed by atoms with Crippen molar-refractivity contribution >= 4 is 10.0 Å². The fraction of sp³-hybridized carbons (Fsp3) is 0.214. The standard InChI is InChI=1S/C14H16FN3O2S/c1-10(11-4-2-5-12(15)8-11)18-21(19,20)14-6-3-7-17-13(14)9-16/h2-8,10,18H,9,16H2,1H3. The van der Waals surface area contributed by atoms with Crippen LogP contribution in [0.5, 0.6) is 0 Å². The second-order valence-corrected chi connectivity index (χ2v) is 6.23. The van der Waals surface area contributed by atoms with Gasteiger partial charge in [0, 0.05) is 18.8 Å². The molecule has 2 rings (SSSR count). The molecular formula is C14H16FN3O2S. The quantitative estimate of drug-likeness (QED) is 0.880. The number of hydrogen-bond donors (Lipinski definition) is 2. The molecule has 0 saturated heterocycles. The second-order valence-electron chi connectivity index (χ2n) is 4.55. The van der Waals surface area contributed by atoms with Gasteiger partial charge in [-0.15, -0.1) is 0 Å². The second kappa shape index (κ2) is 6.30. The molecule has 0 spiro atoms. The van der Waals surface area contributed by atoms with Gasteiger partial charge in [0.25, 0.3) is 0 Å². The van der Waals surface area contributed by atoms with Crippen molar-refractivity contribution in [2.75, 3.05) is 0 Å². The molecule has 0 saturated carbocycles. The van der Waals surface area contributed by atoms with Gasteiger partial charge in [-0.05, 0) is 36.8 Å². The van der Waals surface area contributed by atoms with Crippen LogP contribution in [-0.2, 0) is 16.6 Å². The van der Waals surface area contributed by atoms with Crippen LogP contribution >= 0.6 is 0 Å². The predicted molar refractivity (Wildman–Crippen MR) is 77.3 cm³/mol. The molecule has 5 nitrogen and oxygen atoms in total. The first kappa shape index (κ1) is 15.6. The molecule has 1 heterocycles. The van der Waals surface area contributed by atoms with E-state index in [1.807, 2.05) is 0 Å². The van der Waals surface area contributed by atoms with E-state index in [0.717, 1.165) is 0 Å². The Morgan fingerprint density at radius 3 is 2.76 bits per heavy atom. The van der Waals surface area contributed by atoms with Crippen molar-refractivity contribution in [3.05, 3.63) is 59.7 Å². The maximum absolute atomic E-state index is 13.2. The van der Waals surface area contributed by atoms with E-state index in [4.69, 9.17) is 5.73 Å². The van der Waals surface area contributed by atoms with Gasteiger partial charge < -0.3 is 5.73 Å². The van der Waals surface area contributed by atoms with Crippen LogP contribution in [0.3, 0.4) is 0 Å². The van der Waals surface area contributed by atoms with Crippen LogP contribution in [0.4, 0.5) is 4.39 Å². The van der Waals surface area contributed by atoms with Crippen LogP contribution in [0.15, 0.2) is 47.5 Å². The molecule has 7 heteroatoms. The number of aromatic nitrogens is 1. The Morgan fingerprint density at radius 1 is 1.33 bits per heavy atom. The first-order chi connectivity index (χ1) is 9.94. The van der Waals surface area contributed by atoms with Crippen LogP contribution in [0.1, 0.15) is 24.2 Å². The average Bonchev–Trinajstić information content (AvgIpc) is 2.46. The Bertz CT molecular complexity index is 735. The zero-order valence-corrected chi connectivity index (χ0v) is 12.3. The highest BCUT2D eigenvalue weighted by atomic mass is 32.2. The minimum atomic E-state index is -3.78. The molecule has 1 unspecified atom stereocenters. The Labute approximate surface area is 123 Å². The molecule has 1 atom stereocenters. The molecule has 0 radical (unpaired) electrons. The lowest BCUT2D eigenvalue weighted by Crippen LogP contribution is -2.28. The summed E-state index contributed by atoms with van der Waals surface area (Å²) in [6, 6.07) is 8.18. The van der Waals surface area contributed by atoms with E-state index in [1.54, 1.807) is 13.0 Å². The Balaban J connectivity index is 2.29. The zero-order chi connectivity index (χ0) is 15.5. The molecule has 0 aliphatic rings.